The van der Waals surface area contributed by atoms with Crippen molar-refractivity contribution in [2.75, 3.05) is 5.32 Å². The minimum absolute atomic E-state index is 0.114. The summed E-state index contributed by atoms with van der Waals surface area (Å²) in [6.07, 6.45) is 0.641. The second-order valence-electron chi connectivity index (χ2n) is 4.61. The quantitative estimate of drug-likeness (QED) is 0.825. The van der Waals surface area contributed by atoms with E-state index < -0.39 is 17.3 Å². The van der Waals surface area contributed by atoms with Gasteiger partial charge in [-0.1, -0.05) is 43.1 Å². The molecule has 0 bridgehead atoms. The normalized spacial score (nSPS) is 11.2. The molecule has 0 fully saturated rings. The summed E-state index contributed by atoms with van der Waals surface area (Å²) in [4.78, 5) is 23.4. The van der Waals surface area contributed by atoms with E-state index in [1.807, 2.05) is 0 Å². The molecule has 2 N–H and O–H groups in total. The van der Waals surface area contributed by atoms with Gasteiger partial charge in [-0.25, -0.2) is 0 Å². The number of halogens is 2. The molecule has 110 valence electrons. The summed E-state index contributed by atoms with van der Waals surface area (Å²) in [6, 6.07) is 4.88. The van der Waals surface area contributed by atoms with E-state index in [-0.39, 0.29) is 6.42 Å². The number of para-hydroxylation sites is 1. The minimum Gasteiger partial charge on any atom is -0.481 e. The summed E-state index contributed by atoms with van der Waals surface area (Å²) in [5.41, 5.74) is -0.745. The number of nitrogens with one attached hydrogen (secondary N) is 1. The third kappa shape index (κ3) is 3.64. The highest BCUT2D eigenvalue weighted by Crippen LogP contribution is 2.34. The molecule has 0 aliphatic heterocycles. The van der Waals surface area contributed by atoms with Gasteiger partial charge in [-0.15, -0.1) is 0 Å². The zero-order chi connectivity index (χ0) is 15.3. The zero-order valence-electron chi connectivity index (χ0n) is 11.4. The van der Waals surface area contributed by atoms with Gasteiger partial charge < -0.3 is 10.4 Å². The van der Waals surface area contributed by atoms with E-state index in [1.165, 1.54) is 0 Å². The van der Waals surface area contributed by atoms with Crippen LogP contribution >= 0.6 is 23.2 Å². The van der Waals surface area contributed by atoms with E-state index in [0.717, 1.165) is 0 Å². The van der Waals surface area contributed by atoms with Crippen LogP contribution in [-0.2, 0) is 9.59 Å². The van der Waals surface area contributed by atoms with E-state index in [0.29, 0.717) is 28.6 Å². The molecule has 0 aliphatic rings. The summed E-state index contributed by atoms with van der Waals surface area (Å²) in [7, 11) is 0. The molecule has 0 saturated heterocycles. The van der Waals surface area contributed by atoms with Crippen molar-refractivity contribution >= 4 is 40.8 Å². The maximum atomic E-state index is 12.1. The third-order valence-electron chi connectivity index (χ3n) is 3.53. The number of hydrogen-bond donors (Lipinski definition) is 2. The number of carboxylic acid groups (broad SMARTS) is 1. The number of amides is 1. The van der Waals surface area contributed by atoms with E-state index in [2.05, 4.69) is 5.32 Å². The van der Waals surface area contributed by atoms with Crippen LogP contribution in [0.25, 0.3) is 0 Å². The number of carbonyl (C=O) groups is 2. The van der Waals surface area contributed by atoms with E-state index >= 15 is 0 Å². The number of rotatable bonds is 6. The molecule has 20 heavy (non-hydrogen) atoms. The van der Waals surface area contributed by atoms with Crippen LogP contribution in [-0.4, -0.2) is 17.0 Å². The van der Waals surface area contributed by atoms with Crippen molar-refractivity contribution in [3.8, 4) is 0 Å². The average molecular weight is 318 g/mol. The number of aliphatic carboxylic acids is 1. The van der Waals surface area contributed by atoms with Crippen LogP contribution < -0.4 is 5.32 Å². The maximum Gasteiger partial charge on any atom is 0.310 e. The first-order chi connectivity index (χ1) is 9.36. The fourth-order valence-corrected chi connectivity index (χ4v) is 2.48. The zero-order valence-corrected chi connectivity index (χ0v) is 12.9. The maximum absolute atomic E-state index is 12.1. The van der Waals surface area contributed by atoms with Crippen molar-refractivity contribution in [2.24, 2.45) is 5.41 Å². The van der Waals surface area contributed by atoms with E-state index in [1.54, 1.807) is 32.0 Å². The van der Waals surface area contributed by atoms with E-state index in [4.69, 9.17) is 23.2 Å². The summed E-state index contributed by atoms with van der Waals surface area (Å²) in [6.45, 7) is 3.51. The van der Waals surface area contributed by atoms with Crippen molar-refractivity contribution in [3.63, 3.8) is 0 Å². The second-order valence-corrected chi connectivity index (χ2v) is 5.43. The molecular weight excluding hydrogens is 301 g/mol. The van der Waals surface area contributed by atoms with Gasteiger partial charge in [0.25, 0.3) is 0 Å². The van der Waals surface area contributed by atoms with Crippen LogP contribution in [0.2, 0.25) is 10.0 Å². The standard InChI is InChI=1S/C14H17Cl2NO3/c1-3-14(4-2,13(19)20)8-11(18)17-12-9(15)6-5-7-10(12)16/h5-7H,3-4,8H2,1-2H3,(H,17,18)(H,19,20). The van der Waals surface area contributed by atoms with Gasteiger partial charge in [-0.3, -0.25) is 9.59 Å². The number of benzene rings is 1. The number of carboxylic acids is 1. The van der Waals surface area contributed by atoms with Crippen LogP contribution in [0, 0.1) is 5.41 Å². The number of carbonyl (C=O) groups excluding carboxylic acids is 1. The van der Waals surface area contributed by atoms with Crippen molar-refractivity contribution in [1.82, 2.24) is 0 Å². The van der Waals surface area contributed by atoms with E-state index in [9.17, 15) is 14.7 Å². The Labute approximate surface area is 128 Å². The Morgan fingerprint density at radius 1 is 1.20 bits per heavy atom. The highest BCUT2D eigenvalue weighted by atomic mass is 35.5. The Kier molecular flexibility index (Phi) is 5.84. The molecule has 0 radical (unpaired) electrons. The Bertz CT molecular complexity index is 493. The van der Waals surface area contributed by atoms with Gasteiger partial charge >= 0.3 is 5.97 Å². The van der Waals surface area contributed by atoms with Crippen LogP contribution in [0.3, 0.4) is 0 Å². The Morgan fingerprint density at radius 3 is 2.10 bits per heavy atom. The molecule has 0 aromatic heterocycles. The molecule has 0 spiro atoms. The molecular formula is C14H17Cl2NO3. The minimum atomic E-state index is -1.06. The van der Waals surface area contributed by atoms with Crippen LogP contribution in [0.1, 0.15) is 33.1 Å². The van der Waals surface area contributed by atoms with Crippen LogP contribution in [0.4, 0.5) is 5.69 Å². The van der Waals surface area contributed by atoms with Gasteiger partial charge in [0.1, 0.15) is 0 Å². The lowest BCUT2D eigenvalue weighted by Crippen LogP contribution is -2.34. The lowest BCUT2D eigenvalue weighted by molar-refractivity contribution is -0.151. The van der Waals surface area contributed by atoms with Gasteiger partial charge in [-0.05, 0) is 25.0 Å². The third-order valence-corrected chi connectivity index (χ3v) is 4.16. The average Bonchev–Trinajstić information content (AvgIpc) is 2.40. The first-order valence-electron chi connectivity index (χ1n) is 6.33. The Balaban J connectivity index is 2.89. The SMILES string of the molecule is CCC(CC)(CC(=O)Nc1c(Cl)cccc1Cl)C(=O)O. The monoisotopic (exact) mass is 317 g/mol. The summed E-state index contributed by atoms with van der Waals surface area (Å²) in [5.74, 6) is -1.38. The molecule has 0 saturated carbocycles. The number of hydrogen-bond acceptors (Lipinski definition) is 2. The second kappa shape index (κ2) is 6.95. The molecule has 0 aliphatic carbocycles. The van der Waals surface area contributed by atoms with Crippen molar-refractivity contribution in [2.45, 2.75) is 33.1 Å². The molecule has 6 heteroatoms. The molecule has 4 nitrogen and oxygen atoms in total. The smallest absolute Gasteiger partial charge is 0.310 e. The molecule has 0 unspecified atom stereocenters. The van der Waals surface area contributed by atoms with Gasteiger partial charge in [-0.2, -0.15) is 0 Å². The Hall–Kier alpha value is -1.26. The predicted octanol–water partition coefficient (Wildman–Crippen LogP) is 4.21. The molecule has 1 rings (SSSR count). The summed E-state index contributed by atoms with van der Waals surface area (Å²) >= 11 is 11.9. The molecule has 0 heterocycles. The molecule has 0 atom stereocenters. The lowest BCUT2D eigenvalue weighted by Gasteiger charge is -2.26. The van der Waals surface area contributed by atoms with Crippen molar-refractivity contribution < 1.29 is 14.7 Å². The fourth-order valence-electron chi connectivity index (χ4n) is 1.99. The topological polar surface area (TPSA) is 66.4 Å². The van der Waals surface area contributed by atoms with Crippen LogP contribution in [0.15, 0.2) is 18.2 Å². The Morgan fingerprint density at radius 2 is 1.70 bits per heavy atom. The first-order valence-corrected chi connectivity index (χ1v) is 7.09. The van der Waals surface area contributed by atoms with Crippen molar-refractivity contribution in [1.29, 1.82) is 0 Å². The van der Waals surface area contributed by atoms with Gasteiger partial charge in [0.2, 0.25) is 5.91 Å². The molecule has 1 aromatic rings. The molecule has 1 amide bonds. The first kappa shape index (κ1) is 16.8. The summed E-state index contributed by atoms with van der Waals surface area (Å²) < 4.78 is 0. The molecule has 1 aromatic carbocycles. The van der Waals surface area contributed by atoms with Gasteiger partial charge in [0.15, 0.2) is 0 Å². The highest BCUT2D eigenvalue weighted by molar-refractivity contribution is 6.39. The predicted molar refractivity (Wildman–Crippen MR) is 80.4 cm³/mol. The van der Waals surface area contributed by atoms with Gasteiger partial charge in [0, 0.05) is 6.42 Å². The summed E-state index contributed by atoms with van der Waals surface area (Å²) in [5, 5.41) is 12.5. The number of anilines is 1. The van der Waals surface area contributed by atoms with Crippen LogP contribution in [0.5, 0.6) is 0 Å². The fraction of sp³-hybridized carbons (Fsp3) is 0.429. The highest BCUT2D eigenvalue weighted by Gasteiger charge is 2.37. The lowest BCUT2D eigenvalue weighted by atomic mass is 9.79. The van der Waals surface area contributed by atoms with Crippen molar-refractivity contribution in [3.05, 3.63) is 28.2 Å². The largest absolute Gasteiger partial charge is 0.481 e. The van der Waals surface area contributed by atoms with Gasteiger partial charge in [0.05, 0.1) is 21.1 Å².